The van der Waals surface area contributed by atoms with E-state index in [-0.39, 0.29) is 12.5 Å². The zero-order chi connectivity index (χ0) is 17.0. The van der Waals surface area contributed by atoms with E-state index >= 15 is 0 Å². The van der Waals surface area contributed by atoms with E-state index < -0.39 is 10.1 Å². The van der Waals surface area contributed by atoms with Crippen molar-refractivity contribution in [2.75, 3.05) is 39.3 Å². The van der Waals surface area contributed by atoms with E-state index in [0.29, 0.717) is 31.7 Å². The van der Waals surface area contributed by atoms with Crippen LogP contribution in [0.3, 0.4) is 0 Å². The average molecular weight is 339 g/mol. The molecule has 0 amide bonds. The lowest BCUT2D eigenvalue weighted by molar-refractivity contribution is 0.0475. The Morgan fingerprint density at radius 3 is 1.77 bits per heavy atom. The molecule has 0 saturated heterocycles. The summed E-state index contributed by atoms with van der Waals surface area (Å²) in [6.07, 6.45) is 3.86. The molecular weight excluding hydrogens is 304 g/mol. The van der Waals surface area contributed by atoms with Crippen LogP contribution in [-0.2, 0) is 23.8 Å². The number of rotatable bonds is 14. The van der Waals surface area contributed by atoms with Gasteiger partial charge >= 0.3 is 0 Å². The molecule has 5 nitrogen and oxygen atoms in total. The zero-order valence-electron chi connectivity index (χ0n) is 14.8. The second-order valence-electron chi connectivity index (χ2n) is 6.70. The van der Waals surface area contributed by atoms with E-state index in [1.807, 2.05) is 0 Å². The molecule has 0 spiro atoms. The van der Waals surface area contributed by atoms with Crippen molar-refractivity contribution in [3.8, 4) is 0 Å². The summed E-state index contributed by atoms with van der Waals surface area (Å²) >= 11 is 0. The third-order valence-electron chi connectivity index (χ3n) is 3.22. The second-order valence-corrected chi connectivity index (χ2v) is 8.34. The fourth-order valence-corrected chi connectivity index (χ4v) is 2.11. The Morgan fingerprint density at radius 1 is 0.773 bits per heavy atom. The van der Waals surface area contributed by atoms with Crippen LogP contribution < -0.4 is 0 Å². The Bertz CT molecular complexity index is 352. The van der Waals surface area contributed by atoms with Crippen LogP contribution in [0.4, 0.5) is 0 Å². The summed E-state index contributed by atoms with van der Waals surface area (Å²) in [5, 5.41) is 0. The fourth-order valence-electron chi connectivity index (χ4n) is 1.67. The minimum absolute atomic E-state index is 0.0425. The van der Waals surface area contributed by atoms with Crippen molar-refractivity contribution in [3.05, 3.63) is 0 Å². The Balaban J connectivity index is 3.99. The van der Waals surface area contributed by atoms with Gasteiger partial charge in [-0.25, -0.2) is 0 Å². The van der Waals surface area contributed by atoms with Crippen LogP contribution in [0, 0.1) is 17.8 Å². The summed E-state index contributed by atoms with van der Waals surface area (Å²) in [7, 11) is -3.41. The first-order chi connectivity index (χ1) is 10.2. The smallest absolute Gasteiger partial charge is 0.264 e. The van der Waals surface area contributed by atoms with Crippen LogP contribution in [0.1, 0.15) is 47.0 Å². The first-order valence-electron chi connectivity index (χ1n) is 8.20. The quantitative estimate of drug-likeness (QED) is 0.360. The highest BCUT2D eigenvalue weighted by atomic mass is 32.2. The molecule has 0 aliphatic rings. The molecule has 1 unspecified atom stereocenters. The molecule has 0 aromatic carbocycles. The second kappa shape index (κ2) is 12.3. The summed E-state index contributed by atoms with van der Waals surface area (Å²) in [5.74, 6) is 1.27. The van der Waals surface area contributed by atoms with Crippen molar-refractivity contribution in [2.45, 2.75) is 47.0 Å². The lowest BCUT2D eigenvalue weighted by Gasteiger charge is -2.17. The SMILES string of the molecule is CC(C)CCOCCC(COCCC(C)C)COS(C)(=O)=O. The minimum Gasteiger partial charge on any atom is -0.381 e. The summed E-state index contributed by atoms with van der Waals surface area (Å²) in [6.45, 7) is 11.3. The number of hydrogen-bond donors (Lipinski definition) is 0. The lowest BCUT2D eigenvalue weighted by atomic mass is 10.1. The van der Waals surface area contributed by atoms with E-state index in [0.717, 1.165) is 32.1 Å². The van der Waals surface area contributed by atoms with E-state index in [2.05, 4.69) is 27.7 Å². The molecule has 0 heterocycles. The monoisotopic (exact) mass is 338 g/mol. The largest absolute Gasteiger partial charge is 0.381 e. The maximum Gasteiger partial charge on any atom is 0.264 e. The van der Waals surface area contributed by atoms with Crippen molar-refractivity contribution >= 4 is 10.1 Å². The highest BCUT2D eigenvalue weighted by molar-refractivity contribution is 7.85. The highest BCUT2D eigenvalue weighted by Crippen LogP contribution is 2.09. The first kappa shape index (κ1) is 21.8. The van der Waals surface area contributed by atoms with Crippen molar-refractivity contribution in [1.82, 2.24) is 0 Å². The molecule has 0 saturated carbocycles. The van der Waals surface area contributed by atoms with Gasteiger partial charge in [-0.1, -0.05) is 27.7 Å². The van der Waals surface area contributed by atoms with Gasteiger partial charge in [-0.05, 0) is 31.1 Å². The van der Waals surface area contributed by atoms with Gasteiger partial charge in [-0.15, -0.1) is 0 Å². The molecule has 6 heteroatoms. The number of ether oxygens (including phenoxy) is 2. The summed E-state index contributed by atoms with van der Waals surface area (Å²) in [6, 6.07) is 0. The Hall–Kier alpha value is -0.170. The average Bonchev–Trinajstić information content (AvgIpc) is 2.37. The van der Waals surface area contributed by atoms with Crippen LogP contribution >= 0.6 is 0 Å². The third kappa shape index (κ3) is 16.2. The van der Waals surface area contributed by atoms with Crippen molar-refractivity contribution < 1.29 is 22.1 Å². The van der Waals surface area contributed by atoms with E-state index in [9.17, 15) is 8.42 Å². The highest BCUT2D eigenvalue weighted by Gasteiger charge is 2.13. The normalized spacial score (nSPS) is 14.0. The van der Waals surface area contributed by atoms with Crippen LogP contribution in [0.15, 0.2) is 0 Å². The fraction of sp³-hybridized carbons (Fsp3) is 1.00. The van der Waals surface area contributed by atoms with E-state index in [1.54, 1.807) is 0 Å². The summed E-state index contributed by atoms with van der Waals surface area (Å²) < 4.78 is 38.4. The van der Waals surface area contributed by atoms with Gasteiger partial charge in [0.25, 0.3) is 10.1 Å². The van der Waals surface area contributed by atoms with Gasteiger partial charge in [0.15, 0.2) is 0 Å². The predicted octanol–water partition coefficient (Wildman–Crippen LogP) is 3.09. The van der Waals surface area contributed by atoms with Crippen LogP contribution in [0.25, 0.3) is 0 Å². The molecule has 0 aliphatic carbocycles. The Labute approximate surface area is 136 Å². The van der Waals surface area contributed by atoms with Gasteiger partial charge in [-0.2, -0.15) is 8.42 Å². The maximum atomic E-state index is 11.1. The van der Waals surface area contributed by atoms with Crippen LogP contribution in [0.5, 0.6) is 0 Å². The third-order valence-corrected chi connectivity index (χ3v) is 3.79. The lowest BCUT2D eigenvalue weighted by Crippen LogP contribution is -2.21. The zero-order valence-corrected chi connectivity index (χ0v) is 15.7. The molecule has 1 atom stereocenters. The van der Waals surface area contributed by atoms with Crippen molar-refractivity contribution in [2.24, 2.45) is 17.8 Å². The molecule has 0 rings (SSSR count). The van der Waals surface area contributed by atoms with Gasteiger partial charge in [0, 0.05) is 25.7 Å². The van der Waals surface area contributed by atoms with Gasteiger partial charge < -0.3 is 9.47 Å². The Morgan fingerprint density at radius 2 is 1.27 bits per heavy atom. The van der Waals surface area contributed by atoms with E-state index in [1.165, 1.54) is 0 Å². The van der Waals surface area contributed by atoms with Crippen molar-refractivity contribution in [3.63, 3.8) is 0 Å². The topological polar surface area (TPSA) is 61.8 Å². The molecule has 0 aliphatic heterocycles. The van der Waals surface area contributed by atoms with E-state index in [4.69, 9.17) is 13.7 Å². The molecule has 0 radical (unpaired) electrons. The molecular formula is C16H34O5S. The maximum absolute atomic E-state index is 11.1. The first-order valence-corrected chi connectivity index (χ1v) is 10.0. The summed E-state index contributed by atoms with van der Waals surface area (Å²) in [5.41, 5.74) is 0. The minimum atomic E-state index is -3.41. The van der Waals surface area contributed by atoms with Gasteiger partial charge in [0.1, 0.15) is 0 Å². The number of hydrogen-bond acceptors (Lipinski definition) is 5. The molecule has 0 bridgehead atoms. The van der Waals surface area contributed by atoms with Crippen molar-refractivity contribution in [1.29, 1.82) is 0 Å². The Kier molecular flexibility index (Phi) is 12.2. The molecule has 22 heavy (non-hydrogen) atoms. The molecule has 134 valence electrons. The molecule has 0 fully saturated rings. The summed E-state index contributed by atoms with van der Waals surface area (Å²) in [4.78, 5) is 0. The molecule has 0 N–H and O–H groups in total. The van der Waals surface area contributed by atoms with Gasteiger partial charge in [0.05, 0.1) is 19.5 Å². The van der Waals surface area contributed by atoms with Crippen LogP contribution in [-0.4, -0.2) is 47.7 Å². The van der Waals surface area contributed by atoms with Gasteiger partial charge in [0.2, 0.25) is 0 Å². The van der Waals surface area contributed by atoms with Crippen LogP contribution in [0.2, 0.25) is 0 Å². The van der Waals surface area contributed by atoms with Gasteiger partial charge in [-0.3, -0.25) is 4.18 Å². The predicted molar refractivity (Wildman–Crippen MR) is 89.5 cm³/mol. The standard InChI is InChI=1S/C16H34O5S/c1-14(2)6-9-19-11-8-16(13-21-22(5,17)18)12-20-10-7-15(3)4/h14-16H,6-13H2,1-5H3. The molecule has 0 aromatic heterocycles. The molecule has 0 aromatic rings.